The molecule has 1 aromatic carbocycles. The Morgan fingerprint density at radius 3 is 2.44 bits per heavy atom. The molecule has 0 aliphatic rings. The molecule has 1 rings (SSSR count). The van der Waals surface area contributed by atoms with E-state index < -0.39 is 0 Å². The SMILES string of the molecule is CCCCC(C)c1ccc(OC(C)=O)cc1. The first-order chi connectivity index (χ1) is 7.63. The third kappa shape index (κ3) is 4.05. The van der Waals surface area contributed by atoms with Crippen LogP contribution in [0.25, 0.3) is 0 Å². The number of rotatable bonds is 5. The molecule has 2 heteroatoms. The highest BCUT2D eigenvalue weighted by Gasteiger charge is 2.05. The van der Waals surface area contributed by atoms with E-state index in [-0.39, 0.29) is 5.97 Å². The first-order valence-corrected chi connectivity index (χ1v) is 5.92. The summed E-state index contributed by atoms with van der Waals surface area (Å²) in [6.07, 6.45) is 3.70. The molecule has 0 aromatic heterocycles. The van der Waals surface area contributed by atoms with Crippen molar-refractivity contribution in [3.63, 3.8) is 0 Å². The molecule has 2 nitrogen and oxygen atoms in total. The van der Waals surface area contributed by atoms with Crippen LogP contribution in [-0.4, -0.2) is 5.97 Å². The molecule has 0 aliphatic carbocycles. The van der Waals surface area contributed by atoms with Crippen LogP contribution in [0.2, 0.25) is 0 Å². The number of hydrogen-bond acceptors (Lipinski definition) is 2. The summed E-state index contributed by atoms with van der Waals surface area (Å²) in [6.45, 7) is 5.85. The van der Waals surface area contributed by atoms with Crippen molar-refractivity contribution in [1.29, 1.82) is 0 Å². The van der Waals surface area contributed by atoms with Gasteiger partial charge in [0.2, 0.25) is 0 Å². The van der Waals surface area contributed by atoms with Gasteiger partial charge in [0, 0.05) is 6.92 Å². The standard InChI is InChI=1S/C14H20O2/c1-4-5-6-11(2)13-7-9-14(10-8-13)16-12(3)15/h7-11H,4-6H2,1-3H3. The molecular weight excluding hydrogens is 200 g/mol. The second-order valence-electron chi connectivity index (χ2n) is 4.21. The molecule has 1 atom stereocenters. The van der Waals surface area contributed by atoms with Crippen molar-refractivity contribution < 1.29 is 9.53 Å². The highest BCUT2D eigenvalue weighted by atomic mass is 16.5. The number of benzene rings is 1. The lowest BCUT2D eigenvalue weighted by Crippen LogP contribution is -2.01. The summed E-state index contributed by atoms with van der Waals surface area (Å²) in [5.41, 5.74) is 1.31. The fourth-order valence-electron chi connectivity index (χ4n) is 1.71. The van der Waals surface area contributed by atoms with Crippen LogP contribution in [0.3, 0.4) is 0 Å². The summed E-state index contributed by atoms with van der Waals surface area (Å²) in [4.78, 5) is 10.8. The van der Waals surface area contributed by atoms with Gasteiger partial charge in [-0.25, -0.2) is 0 Å². The van der Waals surface area contributed by atoms with E-state index in [0.29, 0.717) is 11.7 Å². The van der Waals surface area contributed by atoms with E-state index in [9.17, 15) is 4.79 Å². The molecule has 0 spiro atoms. The molecule has 0 fully saturated rings. The Morgan fingerprint density at radius 1 is 1.31 bits per heavy atom. The number of carbonyl (C=O) groups excluding carboxylic acids is 1. The van der Waals surface area contributed by atoms with Crippen molar-refractivity contribution in [1.82, 2.24) is 0 Å². The summed E-state index contributed by atoms with van der Waals surface area (Å²) in [6, 6.07) is 7.80. The number of hydrogen-bond donors (Lipinski definition) is 0. The van der Waals surface area contributed by atoms with Gasteiger partial charge >= 0.3 is 5.97 Å². The van der Waals surface area contributed by atoms with Gasteiger partial charge in [-0.1, -0.05) is 38.8 Å². The van der Waals surface area contributed by atoms with Crippen molar-refractivity contribution in [2.24, 2.45) is 0 Å². The Morgan fingerprint density at radius 2 is 1.94 bits per heavy atom. The molecule has 0 heterocycles. The maximum absolute atomic E-state index is 10.8. The van der Waals surface area contributed by atoms with Crippen LogP contribution < -0.4 is 4.74 Å². The minimum absolute atomic E-state index is 0.271. The van der Waals surface area contributed by atoms with Crippen LogP contribution in [-0.2, 0) is 4.79 Å². The smallest absolute Gasteiger partial charge is 0.308 e. The third-order valence-electron chi connectivity index (χ3n) is 2.70. The monoisotopic (exact) mass is 220 g/mol. The molecule has 0 bridgehead atoms. The van der Waals surface area contributed by atoms with Gasteiger partial charge in [0.1, 0.15) is 5.75 Å². The highest BCUT2D eigenvalue weighted by Crippen LogP contribution is 2.23. The molecule has 1 unspecified atom stereocenters. The molecule has 0 radical (unpaired) electrons. The first kappa shape index (κ1) is 12.8. The Bertz CT molecular complexity index is 327. The largest absolute Gasteiger partial charge is 0.427 e. The van der Waals surface area contributed by atoms with E-state index in [2.05, 4.69) is 13.8 Å². The Balaban J connectivity index is 2.59. The predicted octanol–water partition coefficient (Wildman–Crippen LogP) is 3.91. The lowest BCUT2D eigenvalue weighted by molar-refractivity contribution is -0.131. The average molecular weight is 220 g/mol. The quantitative estimate of drug-likeness (QED) is 0.555. The fourth-order valence-corrected chi connectivity index (χ4v) is 1.71. The molecule has 0 aliphatic heterocycles. The normalized spacial score (nSPS) is 12.2. The van der Waals surface area contributed by atoms with E-state index in [1.54, 1.807) is 0 Å². The molecule has 16 heavy (non-hydrogen) atoms. The van der Waals surface area contributed by atoms with E-state index >= 15 is 0 Å². The van der Waals surface area contributed by atoms with Crippen LogP contribution >= 0.6 is 0 Å². The lowest BCUT2D eigenvalue weighted by Gasteiger charge is -2.11. The number of esters is 1. The first-order valence-electron chi connectivity index (χ1n) is 5.92. The molecule has 0 saturated heterocycles. The highest BCUT2D eigenvalue weighted by molar-refractivity contribution is 5.69. The van der Waals surface area contributed by atoms with Crippen molar-refractivity contribution >= 4 is 5.97 Å². The topological polar surface area (TPSA) is 26.3 Å². The Hall–Kier alpha value is -1.31. The molecule has 1 aromatic rings. The van der Waals surface area contributed by atoms with E-state index in [4.69, 9.17) is 4.74 Å². The van der Waals surface area contributed by atoms with Crippen LogP contribution in [0.5, 0.6) is 5.75 Å². The Kier molecular flexibility index (Phi) is 5.03. The maximum atomic E-state index is 10.8. The number of ether oxygens (including phenoxy) is 1. The number of carbonyl (C=O) groups is 1. The van der Waals surface area contributed by atoms with E-state index in [0.717, 1.165) is 0 Å². The second-order valence-corrected chi connectivity index (χ2v) is 4.21. The summed E-state index contributed by atoms with van der Waals surface area (Å²) in [5, 5.41) is 0. The van der Waals surface area contributed by atoms with Crippen LogP contribution in [0.4, 0.5) is 0 Å². The van der Waals surface area contributed by atoms with E-state index in [1.165, 1.54) is 31.7 Å². The molecule has 0 N–H and O–H groups in total. The van der Waals surface area contributed by atoms with Gasteiger partial charge in [0.15, 0.2) is 0 Å². The van der Waals surface area contributed by atoms with Crippen LogP contribution in [0.1, 0.15) is 51.5 Å². The second kappa shape index (κ2) is 6.31. The molecule has 88 valence electrons. The summed E-state index contributed by atoms with van der Waals surface area (Å²) in [7, 11) is 0. The van der Waals surface area contributed by atoms with Crippen LogP contribution in [0.15, 0.2) is 24.3 Å². The van der Waals surface area contributed by atoms with Gasteiger partial charge in [-0.05, 0) is 30.0 Å². The summed E-state index contributed by atoms with van der Waals surface area (Å²) in [5.74, 6) is 0.928. The summed E-state index contributed by atoms with van der Waals surface area (Å²) < 4.78 is 4.99. The zero-order valence-corrected chi connectivity index (χ0v) is 10.3. The average Bonchev–Trinajstić information content (AvgIpc) is 2.26. The van der Waals surface area contributed by atoms with Gasteiger partial charge in [-0.15, -0.1) is 0 Å². The molecule has 0 amide bonds. The third-order valence-corrected chi connectivity index (χ3v) is 2.70. The Labute approximate surface area is 97.6 Å². The molecular formula is C14H20O2. The minimum Gasteiger partial charge on any atom is -0.427 e. The van der Waals surface area contributed by atoms with Crippen molar-refractivity contribution in [3.05, 3.63) is 29.8 Å². The van der Waals surface area contributed by atoms with Gasteiger partial charge in [-0.3, -0.25) is 4.79 Å². The van der Waals surface area contributed by atoms with Gasteiger partial charge in [0.05, 0.1) is 0 Å². The van der Waals surface area contributed by atoms with Gasteiger partial charge < -0.3 is 4.74 Å². The summed E-state index contributed by atoms with van der Waals surface area (Å²) >= 11 is 0. The maximum Gasteiger partial charge on any atom is 0.308 e. The van der Waals surface area contributed by atoms with Crippen molar-refractivity contribution in [3.8, 4) is 5.75 Å². The number of unbranched alkanes of at least 4 members (excludes halogenated alkanes) is 1. The fraction of sp³-hybridized carbons (Fsp3) is 0.500. The predicted molar refractivity (Wildman–Crippen MR) is 65.7 cm³/mol. The zero-order valence-electron chi connectivity index (χ0n) is 10.3. The van der Waals surface area contributed by atoms with Crippen molar-refractivity contribution in [2.45, 2.75) is 46.0 Å². The molecule has 0 saturated carbocycles. The lowest BCUT2D eigenvalue weighted by atomic mass is 9.96. The van der Waals surface area contributed by atoms with Crippen LogP contribution in [0, 0.1) is 0 Å². The minimum atomic E-state index is -0.271. The van der Waals surface area contributed by atoms with Crippen molar-refractivity contribution in [2.75, 3.05) is 0 Å². The van der Waals surface area contributed by atoms with Gasteiger partial charge in [-0.2, -0.15) is 0 Å². The zero-order chi connectivity index (χ0) is 12.0. The van der Waals surface area contributed by atoms with Gasteiger partial charge in [0.25, 0.3) is 0 Å². The van der Waals surface area contributed by atoms with E-state index in [1.807, 2.05) is 24.3 Å².